The van der Waals surface area contributed by atoms with Gasteiger partial charge in [0.2, 0.25) is 0 Å². The normalized spacial score (nSPS) is 17.4. The van der Waals surface area contributed by atoms with Gasteiger partial charge in [-0.05, 0) is 65.9 Å². The number of hydrogen-bond donors (Lipinski definition) is 2. The number of carbonyl (C=O) groups excluding carboxylic acids is 2. The number of amides is 1. The molecule has 10 heteroatoms. The number of hydrogen-bond acceptors (Lipinski definition) is 8. The highest BCUT2D eigenvalue weighted by atomic mass is 79.9. The minimum Gasteiger partial charge on any atom is -0.507 e. The summed E-state index contributed by atoms with van der Waals surface area (Å²) in [7, 11) is 8.06. The zero-order valence-corrected chi connectivity index (χ0v) is 21.2. The number of benzene rings is 2. The van der Waals surface area contributed by atoms with E-state index in [1.807, 2.05) is 19.0 Å². The molecule has 3 rings (SSSR count). The first kappa shape index (κ1) is 25.4. The second-order valence-corrected chi connectivity index (χ2v) is 8.77. The van der Waals surface area contributed by atoms with Gasteiger partial charge in [-0.3, -0.25) is 9.59 Å². The number of likely N-dealkylation sites (tertiary alicyclic amines) is 1. The van der Waals surface area contributed by atoms with Crippen molar-refractivity contribution in [1.29, 1.82) is 0 Å². The summed E-state index contributed by atoms with van der Waals surface area (Å²) in [6.07, 6.45) is 0. The van der Waals surface area contributed by atoms with Crippen LogP contribution in [-0.4, -0.2) is 80.2 Å². The van der Waals surface area contributed by atoms with Gasteiger partial charge in [0.15, 0.2) is 23.0 Å². The van der Waals surface area contributed by atoms with Crippen molar-refractivity contribution in [3.05, 3.63) is 51.5 Å². The number of nitrogens with zero attached hydrogens (tertiary/aromatic N) is 2. The Morgan fingerprint density at radius 1 is 1.03 bits per heavy atom. The lowest BCUT2D eigenvalue weighted by Crippen LogP contribution is -2.35. The van der Waals surface area contributed by atoms with Crippen LogP contribution in [0.4, 0.5) is 0 Å². The van der Waals surface area contributed by atoms with Crippen LogP contribution in [-0.2, 0) is 9.59 Å². The first-order chi connectivity index (χ1) is 16.1. The van der Waals surface area contributed by atoms with E-state index in [9.17, 15) is 19.8 Å². The highest BCUT2D eigenvalue weighted by molar-refractivity contribution is 9.10. The summed E-state index contributed by atoms with van der Waals surface area (Å²) in [6.45, 7) is 0.738. The Kier molecular flexibility index (Phi) is 7.73. The number of methoxy groups -OCH3 is 3. The topological polar surface area (TPSA) is 109 Å². The van der Waals surface area contributed by atoms with E-state index >= 15 is 0 Å². The van der Waals surface area contributed by atoms with E-state index in [0.717, 1.165) is 0 Å². The lowest BCUT2D eigenvalue weighted by molar-refractivity contribution is -0.140. The minimum atomic E-state index is -0.904. The van der Waals surface area contributed by atoms with Gasteiger partial charge < -0.3 is 34.2 Å². The van der Waals surface area contributed by atoms with Gasteiger partial charge in [-0.15, -0.1) is 0 Å². The molecule has 34 heavy (non-hydrogen) atoms. The van der Waals surface area contributed by atoms with E-state index in [1.54, 1.807) is 24.3 Å². The lowest BCUT2D eigenvalue weighted by atomic mass is 9.95. The molecular weight excluding hydrogens is 508 g/mol. The minimum absolute atomic E-state index is 0.0735. The molecule has 1 saturated heterocycles. The highest BCUT2D eigenvalue weighted by Gasteiger charge is 2.46. The molecule has 2 aromatic carbocycles. The molecule has 1 amide bonds. The van der Waals surface area contributed by atoms with Crippen LogP contribution in [0.2, 0.25) is 0 Å². The van der Waals surface area contributed by atoms with Gasteiger partial charge in [0.05, 0.1) is 37.4 Å². The molecule has 0 bridgehead atoms. The number of halogens is 1. The summed E-state index contributed by atoms with van der Waals surface area (Å²) < 4.78 is 16.2. The van der Waals surface area contributed by atoms with Crippen LogP contribution in [0.25, 0.3) is 5.76 Å². The standard InChI is InChI=1S/C24H27BrN2O7/c1-26(2)8-9-27-20(14-10-15(25)22(29)18(12-14)34-5)19(23(30)24(27)31)21(28)13-6-7-16(32-3)17(11-13)33-4/h6-7,10-12,20,28-29H,8-9H2,1-5H3/t20-/m1/s1. The molecule has 0 aromatic heterocycles. The smallest absolute Gasteiger partial charge is 0.295 e. The SMILES string of the molecule is COc1ccc(C(O)=C2C(=O)C(=O)N(CCN(C)C)[C@@H]2c2cc(Br)c(O)c(OC)c2)cc1OC. The van der Waals surface area contributed by atoms with E-state index in [4.69, 9.17) is 14.2 Å². The Bertz CT molecular complexity index is 1150. The molecule has 182 valence electrons. The van der Waals surface area contributed by atoms with Gasteiger partial charge >= 0.3 is 0 Å². The van der Waals surface area contributed by atoms with E-state index in [2.05, 4.69) is 15.9 Å². The number of phenols is 1. The van der Waals surface area contributed by atoms with Crippen molar-refractivity contribution in [2.45, 2.75) is 6.04 Å². The Balaban J connectivity index is 2.24. The number of aliphatic hydroxyl groups excluding tert-OH is 1. The van der Waals surface area contributed by atoms with Gasteiger partial charge in [-0.25, -0.2) is 0 Å². The monoisotopic (exact) mass is 534 g/mol. The molecule has 0 saturated carbocycles. The zero-order chi connectivity index (χ0) is 25.2. The molecule has 0 aliphatic carbocycles. The van der Waals surface area contributed by atoms with Crippen LogP contribution in [0, 0.1) is 0 Å². The first-order valence-electron chi connectivity index (χ1n) is 10.4. The third-order valence-electron chi connectivity index (χ3n) is 5.57. The quantitative estimate of drug-likeness (QED) is 0.302. The molecule has 2 N–H and O–H groups in total. The number of carbonyl (C=O) groups is 2. The maximum absolute atomic E-state index is 13.2. The molecule has 0 unspecified atom stereocenters. The van der Waals surface area contributed by atoms with Gasteiger partial charge in [0.25, 0.3) is 11.7 Å². The summed E-state index contributed by atoms with van der Waals surface area (Å²) in [6, 6.07) is 6.95. The molecule has 1 fully saturated rings. The largest absolute Gasteiger partial charge is 0.507 e. The summed E-state index contributed by atoms with van der Waals surface area (Å²) >= 11 is 3.30. The van der Waals surface area contributed by atoms with Gasteiger partial charge in [0, 0.05) is 18.7 Å². The number of aliphatic hydroxyl groups is 1. The van der Waals surface area contributed by atoms with Crippen LogP contribution in [0.3, 0.4) is 0 Å². The third kappa shape index (κ3) is 4.69. The zero-order valence-electron chi connectivity index (χ0n) is 19.6. The van der Waals surface area contributed by atoms with E-state index < -0.39 is 17.7 Å². The van der Waals surface area contributed by atoms with E-state index in [-0.39, 0.29) is 34.9 Å². The van der Waals surface area contributed by atoms with Crippen LogP contribution in [0.1, 0.15) is 17.2 Å². The number of likely N-dealkylation sites (N-methyl/N-ethyl adjacent to an activating group) is 1. The fourth-order valence-electron chi connectivity index (χ4n) is 3.81. The molecule has 2 aromatic rings. The van der Waals surface area contributed by atoms with Crippen LogP contribution in [0.5, 0.6) is 23.0 Å². The summed E-state index contributed by atoms with van der Waals surface area (Å²) in [5.74, 6) is -1.02. The highest BCUT2D eigenvalue weighted by Crippen LogP contribution is 2.44. The molecule has 0 spiro atoms. The molecule has 0 radical (unpaired) electrons. The van der Waals surface area contributed by atoms with Crippen molar-refractivity contribution in [3.63, 3.8) is 0 Å². The maximum atomic E-state index is 13.2. The van der Waals surface area contributed by atoms with Crippen molar-refractivity contribution in [2.75, 3.05) is 48.5 Å². The van der Waals surface area contributed by atoms with Crippen LogP contribution < -0.4 is 14.2 Å². The van der Waals surface area contributed by atoms with Gasteiger partial charge in [-0.1, -0.05) is 0 Å². The Morgan fingerprint density at radius 2 is 1.68 bits per heavy atom. The molecule has 1 aliphatic heterocycles. The molecule has 9 nitrogen and oxygen atoms in total. The average molecular weight is 535 g/mol. The van der Waals surface area contributed by atoms with Crippen molar-refractivity contribution in [2.24, 2.45) is 0 Å². The first-order valence-corrected chi connectivity index (χ1v) is 11.2. The summed E-state index contributed by atoms with van der Waals surface area (Å²) in [5, 5.41) is 21.5. The van der Waals surface area contributed by atoms with Crippen molar-refractivity contribution >= 4 is 33.4 Å². The fraction of sp³-hybridized carbons (Fsp3) is 0.333. The Labute approximate surface area is 206 Å². The number of Topliss-reactive ketones (excluding diaryl/α,β-unsaturated/α-hetero) is 1. The molecule has 1 atom stereocenters. The molecule has 1 heterocycles. The second-order valence-electron chi connectivity index (χ2n) is 7.92. The summed E-state index contributed by atoms with van der Waals surface area (Å²) in [4.78, 5) is 29.5. The lowest BCUT2D eigenvalue weighted by Gasteiger charge is -2.27. The Morgan fingerprint density at radius 3 is 2.26 bits per heavy atom. The predicted octanol–water partition coefficient (Wildman–Crippen LogP) is 3.16. The van der Waals surface area contributed by atoms with Crippen LogP contribution >= 0.6 is 15.9 Å². The second kappa shape index (κ2) is 10.4. The van der Waals surface area contributed by atoms with Gasteiger partial charge in [-0.2, -0.15) is 0 Å². The van der Waals surface area contributed by atoms with Crippen molar-refractivity contribution in [1.82, 2.24) is 9.80 Å². The van der Waals surface area contributed by atoms with Crippen molar-refractivity contribution < 1.29 is 34.0 Å². The number of ether oxygens (including phenoxy) is 3. The fourth-order valence-corrected chi connectivity index (χ4v) is 4.27. The molecule has 1 aliphatic rings. The summed E-state index contributed by atoms with van der Waals surface area (Å²) in [5.41, 5.74) is 0.704. The third-order valence-corrected chi connectivity index (χ3v) is 6.18. The number of ketones is 1. The molecular formula is C24H27BrN2O7. The van der Waals surface area contributed by atoms with Gasteiger partial charge in [0.1, 0.15) is 5.76 Å². The number of aromatic hydroxyl groups is 1. The maximum Gasteiger partial charge on any atom is 0.295 e. The van der Waals surface area contributed by atoms with E-state index in [1.165, 1.54) is 32.3 Å². The predicted molar refractivity (Wildman–Crippen MR) is 129 cm³/mol. The van der Waals surface area contributed by atoms with Crippen LogP contribution in [0.15, 0.2) is 40.4 Å². The number of phenolic OH excluding ortho intramolecular Hbond substituents is 1. The average Bonchev–Trinajstić information content (AvgIpc) is 3.08. The van der Waals surface area contributed by atoms with E-state index in [0.29, 0.717) is 28.1 Å². The Hall–Kier alpha value is -3.24. The van der Waals surface area contributed by atoms with Crippen molar-refractivity contribution in [3.8, 4) is 23.0 Å². The number of rotatable bonds is 8.